The standard InChI is InChI=1S/C62H41NO/c1-3-13-42(14-4-1)44-25-27-45(28-26-44)47-31-36-53(37-32-47)63(52-34-29-46(30-35-52)43-15-5-2-6-16-43)60-24-12-23-57-58-40-51(55-22-11-20-48-17-9-10-21-54(48)55)33-38-56(58)59-39-49-18-7-8-19-50(49)41-61(59)64-62(57)60/h1-41H. The van der Waals surface area contributed by atoms with Gasteiger partial charge in [0.05, 0.1) is 5.69 Å². The van der Waals surface area contributed by atoms with Gasteiger partial charge in [0, 0.05) is 22.5 Å². The summed E-state index contributed by atoms with van der Waals surface area (Å²) in [6.45, 7) is 0. The van der Waals surface area contributed by atoms with Crippen LogP contribution in [0.2, 0.25) is 0 Å². The first kappa shape index (κ1) is 37.3. The summed E-state index contributed by atoms with van der Waals surface area (Å²) >= 11 is 0. The highest BCUT2D eigenvalue weighted by Gasteiger charge is 2.27. The number of para-hydroxylation sites is 1. The van der Waals surface area contributed by atoms with Crippen LogP contribution in [0.3, 0.4) is 0 Å². The number of ether oxygens (including phenoxy) is 1. The van der Waals surface area contributed by atoms with Crippen molar-refractivity contribution >= 4 is 38.6 Å². The lowest BCUT2D eigenvalue weighted by atomic mass is 9.89. The SMILES string of the molecule is c1ccc(-c2ccc(-c3ccc(N(c4ccc(-c5ccccc5)cc4)c4cccc5c4Oc4cc6ccccc6cc4-c4ccc(-c6cccc7ccccc67)cc4-5)cc3)cc2)cc1. The van der Waals surface area contributed by atoms with Crippen molar-refractivity contribution in [1.82, 2.24) is 0 Å². The van der Waals surface area contributed by atoms with Gasteiger partial charge in [0.15, 0.2) is 5.75 Å². The van der Waals surface area contributed by atoms with Crippen molar-refractivity contribution in [2.75, 3.05) is 4.90 Å². The Morgan fingerprint density at radius 3 is 1.36 bits per heavy atom. The van der Waals surface area contributed by atoms with Crippen molar-refractivity contribution in [2.24, 2.45) is 0 Å². The van der Waals surface area contributed by atoms with Crippen molar-refractivity contribution in [3.8, 4) is 78.3 Å². The van der Waals surface area contributed by atoms with Gasteiger partial charge in [-0.3, -0.25) is 0 Å². The number of rotatable bonds is 7. The summed E-state index contributed by atoms with van der Waals surface area (Å²) in [5.74, 6) is 1.64. The lowest BCUT2D eigenvalue weighted by Gasteiger charge is -2.28. The maximum Gasteiger partial charge on any atom is 0.159 e. The minimum Gasteiger partial charge on any atom is -0.454 e. The molecule has 0 radical (unpaired) electrons. The van der Waals surface area contributed by atoms with E-state index in [1.807, 2.05) is 0 Å². The summed E-state index contributed by atoms with van der Waals surface area (Å²) in [6.07, 6.45) is 0. The zero-order chi connectivity index (χ0) is 42.4. The van der Waals surface area contributed by atoms with Gasteiger partial charge in [-0.1, -0.05) is 200 Å². The molecule has 0 aromatic heterocycles. The maximum atomic E-state index is 7.36. The third-order valence-electron chi connectivity index (χ3n) is 12.7. The van der Waals surface area contributed by atoms with Gasteiger partial charge in [0.25, 0.3) is 0 Å². The van der Waals surface area contributed by atoms with E-state index in [0.29, 0.717) is 0 Å². The fraction of sp³-hybridized carbons (Fsp3) is 0. The van der Waals surface area contributed by atoms with Crippen LogP contribution in [-0.4, -0.2) is 0 Å². The van der Waals surface area contributed by atoms with E-state index < -0.39 is 0 Å². The molecular formula is C62H41NO. The smallest absolute Gasteiger partial charge is 0.159 e. The molecule has 300 valence electrons. The summed E-state index contributed by atoms with van der Waals surface area (Å²) in [5, 5.41) is 4.77. The van der Waals surface area contributed by atoms with Gasteiger partial charge in [-0.2, -0.15) is 0 Å². The molecule has 0 saturated carbocycles. The molecule has 12 rings (SSSR count). The second-order valence-corrected chi connectivity index (χ2v) is 16.5. The van der Waals surface area contributed by atoms with Gasteiger partial charge in [0.2, 0.25) is 0 Å². The number of anilines is 3. The van der Waals surface area contributed by atoms with Crippen molar-refractivity contribution < 1.29 is 4.74 Å². The van der Waals surface area contributed by atoms with Crippen LogP contribution in [0.25, 0.3) is 88.3 Å². The minimum atomic E-state index is 0.806. The van der Waals surface area contributed by atoms with Gasteiger partial charge < -0.3 is 9.64 Å². The Labute approximate surface area is 373 Å². The number of hydrogen-bond acceptors (Lipinski definition) is 2. The van der Waals surface area contributed by atoms with Crippen LogP contribution < -0.4 is 9.64 Å². The van der Waals surface area contributed by atoms with E-state index in [1.165, 1.54) is 44.0 Å². The minimum absolute atomic E-state index is 0.806. The molecule has 64 heavy (non-hydrogen) atoms. The van der Waals surface area contributed by atoms with Gasteiger partial charge in [0.1, 0.15) is 5.75 Å². The largest absolute Gasteiger partial charge is 0.454 e. The molecule has 0 N–H and O–H groups in total. The average molecular weight is 816 g/mol. The van der Waals surface area contributed by atoms with E-state index in [1.54, 1.807) is 0 Å². The van der Waals surface area contributed by atoms with Gasteiger partial charge >= 0.3 is 0 Å². The molecule has 0 saturated heterocycles. The van der Waals surface area contributed by atoms with Crippen molar-refractivity contribution in [2.45, 2.75) is 0 Å². The Hall–Kier alpha value is -8.46. The Kier molecular flexibility index (Phi) is 9.20. The molecule has 1 aliphatic rings. The first-order chi connectivity index (χ1) is 31.7. The van der Waals surface area contributed by atoms with E-state index in [4.69, 9.17) is 4.74 Å². The third-order valence-corrected chi connectivity index (χ3v) is 12.7. The monoisotopic (exact) mass is 815 g/mol. The molecule has 0 unspecified atom stereocenters. The summed E-state index contributed by atoms with van der Waals surface area (Å²) in [4.78, 5) is 2.34. The van der Waals surface area contributed by atoms with Gasteiger partial charge in [-0.25, -0.2) is 0 Å². The van der Waals surface area contributed by atoms with E-state index in [9.17, 15) is 0 Å². The Bertz CT molecular complexity index is 3480. The van der Waals surface area contributed by atoms with Gasteiger partial charge in [-0.15, -0.1) is 0 Å². The number of fused-ring (bicyclic) bond motifs is 7. The molecule has 0 atom stereocenters. The Morgan fingerprint density at radius 1 is 0.266 bits per heavy atom. The van der Waals surface area contributed by atoms with Crippen LogP contribution in [0.1, 0.15) is 0 Å². The van der Waals surface area contributed by atoms with Crippen molar-refractivity contribution in [3.63, 3.8) is 0 Å². The van der Waals surface area contributed by atoms with Crippen molar-refractivity contribution in [1.29, 1.82) is 0 Å². The fourth-order valence-electron chi connectivity index (χ4n) is 9.44. The van der Waals surface area contributed by atoms with Crippen LogP contribution >= 0.6 is 0 Å². The number of nitrogens with zero attached hydrogens (tertiary/aromatic N) is 1. The predicted molar refractivity (Wildman–Crippen MR) is 269 cm³/mol. The summed E-state index contributed by atoms with van der Waals surface area (Å²) in [6, 6.07) is 89.5. The molecule has 2 heteroatoms. The number of benzene rings is 11. The molecule has 2 nitrogen and oxygen atoms in total. The van der Waals surface area contributed by atoms with Crippen LogP contribution in [0, 0.1) is 0 Å². The summed E-state index contributed by atoms with van der Waals surface area (Å²) < 4.78 is 7.36. The molecule has 11 aromatic rings. The van der Waals surface area contributed by atoms with E-state index in [0.717, 1.165) is 72.9 Å². The predicted octanol–water partition coefficient (Wildman–Crippen LogP) is 17.6. The lowest BCUT2D eigenvalue weighted by molar-refractivity contribution is 0.489. The fourth-order valence-corrected chi connectivity index (χ4v) is 9.44. The zero-order valence-corrected chi connectivity index (χ0v) is 35.0. The molecule has 0 amide bonds. The van der Waals surface area contributed by atoms with E-state index >= 15 is 0 Å². The van der Waals surface area contributed by atoms with Crippen molar-refractivity contribution in [3.05, 3.63) is 249 Å². The Morgan fingerprint density at radius 2 is 0.734 bits per heavy atom. The summed E-state index contributed by atoms with van der Waals surface area (Å²) in [7, 11) is 0. The number of hydrogen-bond donors (Lipinski definition) is 0. The van der Waals surface area contributed by atoms with Gasteiger partial charge in [-0.05, 0) is 126 Å². The third kappa shape index (κ3) is 6.70. The average Bonchev–Trinajstić information content (AvgIpc) is 3.50. The molecule has 11 aromatic carbocycles. The molecule has 1 heterocycles. The molecule has 1 aliphatic heterocycles. The van der Waals surface area contributed by atoms with Crippen LogP contribution in [-0.2, 0) is 0 Å². The normalized spacial score (nSPS) is 11.6. The maximum absolute atomic E-state index is 7.36. The quantitative estimate of drug-likeness (QED) is 0.159. The van der Waals surface area contributed by atoms with E-state index in [-0.39, 0.29) is 0 Å². The zero-order valence-electron chi connectivity index (χ0n) is 35.0. The topological polar surface area (TPSA) is 12.5 Å². The second-order valence-electron chi connectivity index (χ2n) is 16.5. The molecule has 0 spiro atoms. The highest BCUT2D eigenvalue weighted by atomic mass is 16.5. The highest BCUT2D eigenvalue weighted by molar-refractivity contribution is 6.03. The molecule has 0 fully saturated rings. The first-order valence-corrected chi connectivity index (χ1v) is 21.9. The Balaban J connectivity index is 1.04. The molecule has 0 bridgehead atoms. The van der Waals surface area contributed by atoms with Crippen LogP contribution in [0.15, 0.2) is 249 Å². The molecular weight excluding hydrogens is 775 g/mol. The first-order valence-electron chi connectivity index (χ1n) is 21.9. The van der Waals surface area contributed by atoms with E-state index in [2.05, 4.69) is 254 Å². The summed E-state index contributed by atoms with van der Waals surface area (Å²) in [5.41, 5.74) is 16.9. The van der Waals surface area contributed by atoms with Crippen LogP contribution in [0.4, 0.5) is 17.1 Å². The molecule has 0 aliphatic carbocycles. The highest BCUT2D eigenvalue weighted by Crippen LogP contribution is 2.54. The lowest BCUT2D eigenvalue weighted by Crippen LogP contribution is -2.11. The van der Waals surface area contributed by atoms with Crippen LogP contribution in [0.5, 0.6) is 11.5 Å². The second kappa shape index (κ2) is 15.8.